The molecular formula is C22H30ClN3O3. The highest BCUT2D eigenvalue weighted by Crippen LogP contribution is 2.17. The Hall–Kier alpha value is -2.57. The van der Waals surface area contributed by atoms with Gasteiger partial charge >= 0.3 is 6.09 Å². The second-order valence-electron chi connectivity index (χ2n) is 6.62. The molecule has 0 bridgehead atoms. The lowest BCUT2D eigenvalue weighted by Gasteiger charge is -2.23. The third-order valence-corrected chi connectivity index (χ3v) is 4.51. The van der Waals surface area contributed by atoms with E-state index in [1.807, 2.05) is 60.7 Å². The number of nitrogens with two attached hydrogens (primary N) is 1. The number of carbonyl (C=O) groups is 2. The quantitative estimate of drug-likeness (QED) is 0.484. The average molecular weight is 420 g/mol. The summed E-state index contributed by atoms with van der Waals surface area (Å²) in [6.45, 7) is 2.71. The Kier molecular flexibility index (Phi) is 11.5. The van der Waals surface area contributed by atoms with E-state index in [9.17, 15) is 9.59 Å². The number of alkyl carbamates (subject to hydrolysis) is 1. The standard InChI is InChI=1S/C22H29N3O3.ClH/c1-2-19(18-12-7-4-8-13-18)25-20(21(23)26)14-9-15-24-22(27)28-16-17-10-5-3-6-11-17;/h3-8,10-13,19-20,25H,2,9,14-16H2,1H3,(H2,23,26)(H,24,27);1H/t19-,20-;/m1./s1. The largest absolute Gasteiger partial charge is 0.445 e. The fourth-order valence-electron chi connectivity index (χ4n) is 2.96. The van der Waals surface area contributed by atoms with E-state index in [1.165, 1.54) is 0 Å². The molecule has 6 nitrogen and oxygen atoms in total. The highest BCUT2D eigenvalue weighted by molar-refractivity contribution is 5.85. The molecule has 2 aromatic carbocycles. The van der Waals surface area contributed by atoms with Crippen LogP contribution in [0.3, 0.4) is 0 Å². The van der Waals surface area contributed by atoms with Gasteiger partial charge in [0.05, 0.1) is 6.04 Å². The van der Waals surface area contributed by atoms with Crippen LogP contribution in [0.25, 0.3) is 0 Å². The summed E-state index contributed by atoms with van der Waals surface area (Å²) in [6, 6.07) is 19.1. The van der Waals surface area contributed by atoms with Crippen molar-refractivity contribution in [2.24, 2.45) is 5.73 Å². The minimum absolute atomic E-state index is 0. The molecular weight excluding hydrogens is 390 g/mol. The van der Waals surface area contributed by atoms with E-state index in [0.29, 0.717) is 19.4 Å². The third kappa shape index (κ3) is 8.98. The number of hydrogen-bond acceptors (Lipinski definition) is 4. The lowest BCUT2D eigenvalue weighted by molar-refractivity contribution is -0.120. The molecule has 0 aliphatic heterocycles. The first-order chi connectivity index (χ1) is 13.6. The van der Waals surface area contributed by atoms with Gasteiger partial charge in [0.2, 0.25) is 5.91 Å². The van der Waals surface area contributed by atoms with Gasteiger partial charge in [0.15, 0.2) is 0 Å². The fourth-order valence-corrected chi connectivity index (χ4v) is 2.96. The predicted octanol–water partition coefficient (Wildman–Crippen LogP) is 3.71. The van der Waals surface area contributed by atoms with Gasteiger partial charge in [-0.15, -0.1) is 12.4 Å². The van der Waals surface area contributed by atoms with Crippen molar-refractivity contribution in [3.05, 3.63) is 71.8 Å². The highest BCUT2D eigenvalue weighted by atomic mass is 35.5. The minimum Gasteiger partial charge on any atom is -0.445 e. The van der Waals surface area contributed by atoms with Crippen molar-refractivity contribution in [2.45, 2.75) is 44.9 Å². The number of amides is 2. The second-order valence-corrected chi connectivity index (χ2v) is 6.62. The molecule has 0 heterocycles. The zero-order valence-corrected chi connectivity index (χ0v) is 17.5. The molecule has 4 N–H and O–H groups in total. The van der Waals surface area contributed by atoms with Crippen LogP contribution in [0, 0.1) is 0 Å². The Morgan fingerprint density at radius 2 is 1.66 bits per heavy atom. The molecule has 0 aromatic heterocycles. The molecule has 2 amide bonds. The maximum Gasteiger partial charge on any atom is 0.407 e. The first-order valence-corrected chi connectivity index (χ1v) is 9.65. The van der Waals surface area contributed by atoms with Gasteiger partial charge in [-0.3, -0.25) is 10.1 Å². The van der Waals surface area contributed by atoms with Gasteiger partial charge in [0.1, 0.15) is 6.61 Å². The number of rotatable bonds is 11. The van der Waals surface area contributed by atoms with Crippen LogP contribution in [0.2, 0.25) is 0 Å². The molecule has 2 atom stereocenters. The van der Waals surface area contributed by atoms with Gasteiger partial charge in [-0.2, -0.15) is 0 Å². The van der Waals surface area contributed by atoms with Crippen LogP contribution in [0.5, 0.6) is 0 Å². The maximum atomic E-state index is 11.8. The SMILES string of the molecule is CC[C@@H](N[C@H](CCCNC(=O)OCc1ccccc1)C(N)=O)c1ccccc1.Cl. The summed E-state index contributed by atoms with van der Waals surface area (Å²) in [5.74, 6) is -0.388. The monoisotopic (exact) mass is 419 g/mol. The third-order valence-electron chi connectivity index (χ3n) is 4.51. The van der Waals surface area contributed by atoms with Crippen molar-refractivity contribution in [3.8, 4) is 0 Å². The maximum absolute atomic E-state index is 11.8. The Labute approximate surface area is 178 Å². The van der Waals surface area contributed by atoms with Gasteiger partial charge in [0.25, 0.3) is 0 Å². The molecule has 0 saturated heterocycles. The van der Waals surface area contributed by atoms with Crippen LogP contribution in [-0.4, -0.2) is 24.6 Å². The van der Waals surface area contributed by atoms with Crippen molar-refractivity contribution in [1.29, 1.82) is 0 Å². The van der Waals surface area contributed by atoms with Crippen molar-refractivity contribution in [1.82, 2.24) is 10.6 Å². The first kappa shape index (κ1) is 24.5. The van der Waals surface area contributed by atoms with E-state index in [0.717, 1.165) is 17.5 Å². The highest BCUT2D eigenvalue weighted by Gasteiger charge is 2.19. The van der Waals surface area contributed by atoms with E-state index in [-0.39, 0.29) is 31.0 Å². The van der Waals surface area contributed by atoms with Crippen LogP contribution in [0.1, 0.15) is 43.4 Å². The Morgan fingerprint density at radius 3 is 2.24 bits per heavy atom. The Morgan fingerprint density at radius 1 is 1.03 bits per heavy atom. The summed E-state index contributed by atoms with van der Waals surface area (Å²) >= 11 is 0. The fraction of sp³-hybridized carbons (Fsp3) is 0.364. The molecule has 0 saturated carbocycles. The Bertz CT molecular complexity index is 729. The molecule has 2 aromatic rings. The van der Waals surface area contributed by atoms with Gasteiger partial charge < -0.3 is 15.8 Å². The summed E-state index contributed by atoms with van der Waals surface area (Å²) in [4.78, 5) is 23.6. The van der Waals surface area contributed by atoms with E-state index in [2.05, 4.69) is 17.6 Å². The minimum atomic E-state index is -0.469. The van der Waals surface area contributed by atoms with Crippen LogP contribution < -0.4 is 16.4 Å². The molecule has 0 radical (unpaired) electrons. The van der Waals surface area contributed by atoms with Crippen LogP contribution in [0.15, 0.2) is 60.7 Å². The van der Waals surface area contributed by atoms with Crippen molar-refractivity contribution < 1.29 is 14.3 Å². The predicted molar refractivity (Wildman–Crippen MR) is 117 cm³/mol. The smallest absolute Gasteiger partial charge is 0.407 e. The Balaban J connectivity index is 0.00000420. The summed E-state index contributed by atoms with van der Waals surface area (Å²) in [6.07, 6.45) is 1.53. The molecule has 7 heteroatoms. The molecule has 29 heavy (non-hydrogen) atoms. The molecule has 0 aliphatic rings. The zero-order chi connectivity index (χ0) is 20.2. The topological polar surface area (TPSA) is 93.4 Å². The van der Waals surface area contributed by atoms with Crippen molar-refractivity contribution in [2.75, 3.05) is 6.54 Å². The van der Waals surface area contributed by atoms with Crippen LogP contribution >= 0.6 is 12.4 Å². The molecule has 0 unspecified atom stereocenters. The number of primary amides is 1. The molecule has 2 rings (SSSR count). The van der Waals surface area contributed by atoms with Gasteiger partial charge in [-0.1, -0.05) is 67.6 Å². The summed E-state index contributed by atoms with van der Waals surface area (Å²) in [5, 5.41) is 6.04. The summed E-state index contributed by atoms with van der Waals surface area (Å²) < 4.78 is 5.17. The van der Waals surface area contributed by atoms with Gasteiger partial charge in [-0.25, -0.2) is 4.79 Å². The number of ether oxygens (including phenoxy) is 1. The van der Waals surface area contributed by atoms with Crippen molar-refractivity contribution >= 4 is 24.4 Å². The first-order valence-electron chi connectivity index (χ1n) is 9.65. The van der Waals surface area contributed by atoms with Gasteiger partial charge in [0, 0.05) is 12.6 Å². The summed E-state index contributed by atoms with van der Waals surface area (Å²) in [5.41, 5.74) is 7.61. The van der Waals surface area contributed by atoms with E-state index in [1.54, 1.807) is 0 Å². The number of benzene rings is 2. The van der Waals surface area contributed by atoms with Crippen LogP contribution in [-0.2, 0) is 16.1 Å². The number of hydrogen-bond donors (Lipinski definition) is 3. The average Bonchev–Trinajstić information content (AvgIpc) is 2.73. The van der Waals surface area contributed by atoms with Gasteiger partial charge in [-0.05, 0) is 30.4 Å². The number of carbonyl (C=O) groups excluding carboxylic acids is 2. The molecule has 0 fully saturated rings. The number of halogens is 1. The van der Waals surface area contributed by atoms with E-state index < -0.39 is 12.1 Å². The molecule has 0 spiro atoms. The summed E-state index contributed by atoms with van der Waals surface area (Å²) in [7, 11) is 0. The molecule has 0 aliphatic carbocycles. The molecule has 158 valence electrons. The zero-order valence-electron chi connectivity index (χ0n) is 16.7. The van der Waals surface area contributed by atoms with E-state index in [4.69, 9.17) is 10.5 Å². The number of nitrogens with one attached hydrogen (secondary N) is 2. The normalized spacial score (nSPS) is 12.3. The lowest BCUT2D eigenvalue weighted by atomic mass is 10.0. The lowest BCUT2D eigenvalue weighted by Crippen LogP contribution is -2.43. The van der Waals surface area contributed by atoms with Crippen molar-refractivity contribution in [3.63, 3.8) is 0 Å². The van der Waals surface area contributed by atoms with E-state index >= 15 is 0 Å². The second kappa shape index (κ2) is 13.6. The van der Waals surface area contributed by atoms with Crippen LogP contribution in [0.4, 0.5) is 4.79 Å².